The van der Waals surface area contributed by atoms with Gasteiger partial charge in [-0.05, 0) is 56.3 Å². The highest BCUT2D eigenvalue weighted by Gasteiger charge is 2.38. The average molecular weight is 365 g/mol. The molecule has 0 aliphatic carbocycles. The Bertz CT molecular complexity index is 348. The van der Waals surface area contributed by atoms with Crippen LogP contribution in [0.25, 0.3) is 0 Å². The van der Waals surface area contributed by atoms with E-state index in [0.717, 1.165) is 19.1 Å². The van der Waals surface area contributed by atoms with Crippen molar-refractivity contribution in [1.29, 1.82) is 0 Å². The van der Waals surface area contributed by atoms with Gasteiger partial charge in [0.05, 0.1) is 0 Å². The third-order valence-electron chi connectivity index (χ3n) is 4.81. The zero-order chi connectivity index (χ0) is 15.5. The van der Waals surface area contributed by atoms with Crippen LogP contribution in [0.5, 0.6) is 0 Å². The second-order valence-corrected chi connectivity index (χ2v) is 19.9. The van der Waals surface area contributed by atoms with Crippen LogP contribution in [-0.4, -0.2) is 48.4 Å². The van der Waals surface area contributed by atoms with E-state index in [9.17, 15) is 0 Å². The predicted octanol–water partition coefficient (Wildman–Crippen LogP) is 2.96. The lowest BCUT2D eigenvalue weighted by Crippen LogP contribution is -2.48. The van der Waals surface area contributed by atoms with Gasteiger partial charge >= 0.3 is 18.6 Å². The second kappa shape index (κ2) is 7.52. The first-order valence-electron chi connectivity index (χ1n) is 8.39. The molecule has 2 fully saturated rings. The first kappa shape index (κ1) is 18.1. The normalized spacial score (nSPS) is 42.7. The lowest BCUT2D eigenvalue weighted by atomic mass is 10.2. The molecule has 0 aromatic rings. The van der Waals surface area contributed by atoms with Crippen molar-refractivity contribution < 1.29 is 17.1 Å². The maximum atomic E-state index is 6.30. The van der Waals surface area contributed by atoms with E-state index in [1.807, 2.05) is 0 Å². The van der Waals surface area contributed by atoms with Crippen LogP contribution in [0.3, 0.4) is 0 Å². The standard InChI is InChI=1S/C13H32O4Si4/c1-13(12-21(5)11-8-15-19(3)17-21)6-9-20(4)10-7-14-18(2)16-20/h13,18-19H,6-12H2,1-5H3. The predicted molar refractivity (Wildman–Crippen MR) is 96.3 cm³/mol. The van der Waals surface area contributed by atoms with Crippen molar-refractivity contribution in [1.82, 2.24) is 0 Å². The molecular formula is C13H32O4Si4. The molecule has 0 amide bonds. The van der Waals surface area contributed by atoms with Gasteiger partial charge in [-0.3, -0.25) is 0 Å². The van der Waals surface area contributed by atoms with Gasteiger partial charge < -0.3 is 17.1 Å². The van der Waals surface area contributed by atoms with Crippen molar-refractivity contribution in [2.45, 2.75) is 63.7 Å². The van der Waals surface area contributed by atoms with E-state index in [2.05, 4.69) is 33.1 Å². The topological polar surface area (TPSA) is 36.9 Å². The summed E-state index contributed by atoms with van der Waals surface area (Å²) in [6.07, 6.45) is 1.30. The lowest BCUT2D eigenvalue weighted by Gasteiger charge is -2.39. The molecule has 0 bridgehead atoms. The van der Waals surface area contributed by atoms with E-state index in [1.54, 1.807) is 0 Å². The summed E-state index contributed by atoms with van der Waals surface area (Å²) in [4.78, 5) is 0. The minimum atomic E-state index is -1.49. The molecule has 2 rings (SSSR count). The molecule has 21 heavy (non-hydrogen) atoms. The summed E-state index contributed by atoms with van der Waals surface area (Å²) in [5.74, 6) is 0.758. The smallest absolute Gasteiger partial charge is 0.307 e. The molecule has 0 saturated carbocycles. The Morgan fingerprint density at radius 2 is 1.48 bits per heavy atom. The van der Waals surface area contributed by atoms with E-state index >= 15 is 0 Å². The maximum Gasteiger partial charge on any atom is 0.307 e. The molecule has 8 heteroatoms. The molecule has 0 aromatic heterocycles. The van der Waals surface area contributed by atoms with E-state index < -0.39 is 35.2 Å². The Hall–Kier alpha value is 0.708. The van der Waals surface area contributed by atoms with Crippen LogP contribution in [-0.2, 0) is 17.1 Å². The number of hydrogen-bond acceptors (Lipinski definition) is 4. The highest BCUT2D eigenvalue weighted by molar-refractivity contribution is 6.79. The molecule has 0 N–H and O–H groups in total. The van der Waals surface area contributed by atoms with Gasteiger partial charge in [-0.2, -0.15) is 0 Å². The fraction of sp³-hybridized carbons (Fsp3) is 1.00. The molecule has 2 aliphatic rings. The van der Waals surface area contributed by atoms with Crippen LogP contribution in [0, 0.1) is 5.92 Å². The van der Waals surface area contributed by atoms with Crippen molar-refractivity contribution >= 4 is 35.2 Å². The lowest BCUT2D eigenvalue weighted by molar-refractivity contribution is 0.247. The third-order valence-corrected chi connectivity index (χ3v) is 18.9. The van der Waals surface area contributed by atoms with E-state index in [1.165, 1.54) is 30.6 Å². The molecule has 2 aliphatic heterocycles. The molecule has 0 radical (unpaired) electrons. The quantitative estimate of drug-likeness (QED) is 0.703. The van der Waals surface area contributed by atoms with Crippen LogP contribution in [0.1, 0.15) is 13.3 Å². The molecule has 4 nitrogen and oxygen atoms in total. The summed E-state index contributed by atoms with van der Waals surface area (Å²) in [6.45, 7) is 13.5. The van der Waals surface area contributed by atoms with Crippen LogP contribution >= 0.6 is 0 Å². The van der Waals surface area contributed by atoms with Crippen molar-refractivity contribution in [2.75, 3.05) is 13.2 Å². The Kier molecular flexibility index (Phi) is 6.46. The zero-order valence-corrected chi connectivity index (χ0v) is 18.6. The molecular weight excluding hydrogens is 332 g/mol. The molecule has 0 spiro atoms. The third kappa shape index (κ3) is 5.68. The van der Waals surface area contributed by atoms with Gasteiger partial charge in [0.1, 0.15) is 0 Å². The van der Waals surface area contributed by atoms with Crippen molar-refractivity contribution in [2.24, 2.45) is 5.92 Å². The molecule has 2 saturated heterocycles. The number of rotatable bonds is 5. The molecule has 0 aromatic carbocycles. The largest absolute Gasteiger partial charge is 0.438 e. The summed E-state index contributed by atoms with van der Waals surface area (Å²) < 4.78 is 23.9. The van der Waals surface area contributed by atoms with Gasteiger partial charge in [-0.1, -0.05) is 13.3 Å². The van der Waals surface area contributed by atoms with Gasteiger partial charge in [0.25, 0.3) is 0 Å². The monoisotopic (exact) mass is 364 g/mol. The van der Waals surface area contributed by atoms with Crippen LogP contribution in [0.4, 0.5) is 0 Å². The Morgan fingerprint density at radius 1 is 0.952 bits per heavy atom. The molecule has 5 unspecified atom stereocenters. The van der Waals surface area contributed by atoms with E-state index in [0.29, 0.717) is 0 Å². The van der Waals surface area contributed by atoms with Gasteiger partial charge in [0, 0.05) is 13.2 Å². The Balaban J connectivity index is 1.77. The minimum Gasteiger partial charge on any atom is -0.438 e. The summed E-state index contributed by atoms with van der Waals surface area (Å²) in [5.41, 5.74) is 0. The Labute approximate surface area is 135 Å². The second-order valence-electron chi connectivity index (χ2n) is 7.36. The molecule has 5 atom stereocenters. The summed E-state index contributed by atoms with van der Waals surface area (Å²) in [6, 6.07) is 4.95. The molecule has 124 valence electrons. The van der Waals surface area contributed by atoms with Gasteiger partial charge in [0.2, 0.25) is 0 Å². The summed E-state index contributed by atoms with van der Waals surface area (Å²) in [5, 5.41) is 0. The van der Waals surface area contributed by atoms with E-state index in [-0.39, 0.29) is 0 Å². The van der Waals surface area contributed by atoms with E-state index in [4.69, 9.17) is 17.1 Å². The van der Waals surface area contributed by atoms with Crippen LogP contribution in [0.15, 0.2) is 0 Å². The first-order chi connectivity index (χ1) is 9.80. The fourth-order valence-electron chi connectivity index (χ4n) is 3.59. The Morgan fingerprint density at radius 3 is 2.05 bits per heavy atom. The van der Waals surface area contributed by atoms with Crippen LogP contribution < -0.4 is 0 Å². The van der Waals surface area contributed by atoms with Crippen LogP contribution in [0.2, 0.25) is 50.4 Å². The highest BCUT2D eigenvalue weighted by Crippen LogP contribution is 2.32. The average Bonchev–Trinajstić information content (AvgIpc) is 2.35. The van der Waals surface area contributed by atoms with Crippen molar-refractivity contribution in [3.05, 3.63) is 0 Å². The van der Waals surface area contributed by atoms with Gasteiger partial charge in [0.15, 0.2) is 16.6 Å². The minimum absolute atomic E-state index is 0.758. The first-order valence-corrected chi connectivity index (χ1v) is 18.2. The van der Waals surface area contributed by atoms with Gasteiger partial charge in [-0.25, -0.2) is 0 Å². The summed E-state index contributed by atoms with van der Waals surface area (Å²) in [7, 11) is -5.58. The zero-order valence-electron chi connectivity index (χ0n) is 14.3. The van der Waals surface area contributed by atoms with Gasteiger partial charge in [-0.15, -0.1) is 0 Å². The summed E-state index contributed by atoms with van der Waals surface area (Å²) >= 11 is 0. The maximum absolute atomic E-state index is 6.30. The highest BCUT2D eigenvalue weighted by atomic mass is 28.4. The number of hydrogen-bond donors (Lipinski definition) is 0. The van der Waals surface area contributed by atoms with Crippen molar-refractivity contribution in [3.8, 4) is 0 Å². The van der Waals surface area contributed by atoms with Crippen molar-refractivity contribution in [3.63, 3.8) is 0 Å². The molecule has 2 heterocycles. The SMILES string of the molecule is CC(CC[Si]1(C)CCO[SiH](C)O1)C[Si]1(C)CCO[SiH](C)O1. The fourth-order valence-corrected chi connectivity index (χ4v) is 18.1.